The molecule has 29 heavy (non-hydrogen) atoms. The van der Waals surface area contributed by atoms with Crippen molar-refractivity contribution < 1.29 is 23.9 Å². The van der Waals surface area contributed by atoms with Crippen molar-refractivity contribution in [1.29, 1.82) is 0 Å². The van der Waals surface area contributed by atoms with Gasteiger partial charge in [0.05, 0.1) is 4.47 Å². The summed E-state index contributed by atoms with van der Waals surface area (Å²) in [6.45, 7) is 1.76. The molecule has 148 valence electrons. The van der Waals surface area contributed by atoms with Gasteiger partial charge in [-0.2, -0.15) is 0 Å². The first kappa shape index (κ1) is 20.3. The third kappa shape index (κ3) is 5.29. The maximum Gasteiger partial charge on any atom is 0.328 e. The van der Waals surface area contributed by atoms with Gasteiger partial charge in [-0.05, 0) is 58.8 Å². The molecule has 8 nitrogen and oxygen atoms in total. The molecule has 0 spiro atoms. The van der Waals surface area contributed by atoms with Crippen LogP contribution in [0.3, 0.4) is 0 Å². The number of hydrogen-bond donors (Lipinski definition) is 3. The van der Waals surface area contributed by atoms with Crippen molar-refractivity contribution >= 4 is 51.4 Å². The predicted octanol–water partition coefficient (Wildman–Crippen LogP) is 2.52. The topological polar surface area (TPSA) is 114 Å². The Morgan fingerprint density at radius 2 is 1.72 bits per heavy atom. The average Bonchev–Trinajstić information content (AvgIpc) is 2.66. The summed E-state index contributed by atoms with van der Waals surface area (Å²) in [6, 6.07) is 11.4. The fraction of sp³-hybridized carbons (Fsp3) is 0.100. The standard InChI is InChI=1S/C20H16BrN3O5/c1-11-2-5-13(6-3-11)22-17(25)10-29-16-7-4-12(9-15(16)21)8-14-18(26)23-20(28)24-19(14)27/h2-9H,10H2,1H3,(H,22,25)(H2,23,24,26,27,28). The lowest BCUT2D eigenvalue weighted by Gasteiger charge is -2.14. The van der Waals surface area contributed by atoms with Gasteiger partial charge in [-0.25, -0.2) is 4.79 Å². The number of barbiturate groups is 1. The molecule has 9 heteroatoms. The molecule has 1 saturated heterocycles. The van der Waals surface area contributed by atoms with Crippen LogP contribution in [-0.2, 0) is 14.4 Å². The number of nitrogens with one attached hydrogen (secondary N) is 3. The summed E-state index contributed by atoms with van der Waals surface area (Å²) in [4.78, 5) is 46.7. The van der Waals surface area contributed by atoms with Crippen LogP contribution in [-0.4, -0.2) is 30.4 Å². The van der Waals surface area contributed by atoms with Crippen LogP contribution in [0.1, 0.15) is 11.1 Å². The van der Waals surface area contributed by atoms with E-state index in [1.807, 2.05) is 29.7 Å². The van der Waals surface area contributed by atoms with E-state index in [1.165, 1.54) is 6.08 Å². The van der Waals surface area contributed by atoms with E-state index in [0.717, 1.165) is 5.56 Å². The molecule has 0 aromatic heterocycles. The van der Waals surface area contributed by atoms with Crippen LogP contribution in [0.4, 0.5) is 10.5 Å². The van der Waals surface area contributed by atoms with E-state index in [4.69, 9.17) is 4.74 Å². The molecular formula is C20H16BrN3O5. The van der Waals surface area contributed by atoms with Crippen molar-refractivity contribution in [3.05, 3.63) is 63.6 Å². The second-order valence-electron chi connectivity index (χ2n) is 6.19. The largest absolute Gasteiger partial charge is 0.483 e. The Morgan fingerprint density at radius 3 is 2.34 bits per heavy atom. The van der Waals surface area contributed by atoms with Crippen molar-refractivity contribution in [2.24, 2.45) is 0 Å². The molecule has 0 aliphatic carbocycles. The fourth-order valence-electron chi connectivity index (χ4n) is 2.47. The van der Waals surface area contributed by atoms with E-state index in [0.29, 0.717) is 21.5 Å². The number of benzene rings is 2. The van der Waals surface area contributed by atoms with Crippen LogP contribution in [0.5, 0.6) is 5.75 Å². The van der Waals surface area contributed by atoms with Crippen LogP contribution in [0, 0.1) is 6.92 Å². The molecule has 0 bridgehead atoms. The highest BCUT2D eigenvalue weighted by atomic mass is 79.9. The number of ether oxygens (including phenoxy) is 1. The lowest BCUT2D eigenvalue weighted by Crippen LogP contribution is -2.51. The van der Waals surface area contributed by atoms with Gasteiger partial charge in [0.2, 0.25) is 0 Å². The second kappa shape index (κ2) is 8.70. The van der Waals surface area contributed by atoms with Gasteiger partial charge < -0.3 is 10.1 Å². The minimum atomic E-state index is -0.856. The zero-order valence-corrected chi connectivity index (χ0v) is 16.8. The third-order valence-electron chi connectivity index (χ3n) is 3.90. The lowest BCUT2D eigenvalue weighted by atomic mass is 10.1. The van der Waals surface area contributed by atoms with Gasteiger partial charge in [0.25, 0.3) is 17.7 Å². The van der Waals surface area contributed by atoms with E-state index >= 15 is 0 Å². The zero-order chi connectivity index (χ0) is 21.0. The van der Waals surface area contributed by atoms with Gasteiger partial charge in [0.15, 0.2) is 6.61 Å². The van der Waals surface area contributed by atoms with Crippen LogP contribution < -0.4 is 20.7 Å². The molecule has 2 aromatic rings. The van der Waals surface area contributed by atoms with Crippen molar-refractivity contribution in [2.45, 2.75) is 6.92 Å². The van der Waals surface area contributed by atoms with Crippen LogP contribution in [0.2, 0.25) is 0 Å². The highest BCUT2D eigenvalue weighted by Crippen LogP contribution is 2.27. The molecule has 1 aliphatic heterocycles. The average molecular weight is 458 g/mol. The maximum atomic E-state index is 12.0. The number of rotatable bonds is 5. The Bertz CT molecular complexity index is 1010. The first-order chi connectivity index (χ1) is 13.8. The minimum absolute atomic E-state index is 0.192. The highest BCUT2D eigenvalue weighted by molar-refractivity contribution is 9.10. The summed E-state index contributed by atoms with van der Waals surface area (Å²) in [5.41, 5.74) is 2.10. The zero-order valence-electron chi connectivity index (χ0n) is 15.2. The first-order valence-corrected chi connectivity index (χ1v) is 9.28. The van der Waals surface area contributed by atoms with Gasteiger partial charge in [-0.1, -0.05) is 23.8 Å². The van der Waals surface area contributed by atoms with E-state index < -0.39 is 17.8 Å². The molecule has 3 N–H and O–H groups in total. The van der Waals surface area contributed by atoms with Gasteiger partial charge in [0, 0.05) is 5.69 Å². The van der Waals surface area contributed by atoms with Crippen molar-refractivity contribution in [1.82, 2.24) is 10.6 Å². The molecule has 3 rings (SSSR count). The Labute approximate surface area is 174 Å². The smallest absolute Gasteiger partial charge is 0.328 e. The van der Waals surface area contributed by atoms with Crippen LogP contribution in [0.25, 0.3) is 6.08 Å². The summed E-state index contributed by atoms with van der Waals surface area (Å²) in [5.74, 6) is -1.45. The van der Waals surface area contributed by atoms with Crippen molar-refractivity contribution in [3.8, 4) is 5.75 Å². The summed E-state index contributed by atoms with van der Waals surface area (Å²) >= 11 is 3.34. The molecular weight excluding hydrogens is 442 g/mol. The molecule has 1 aliphatic rings. The summed E-state index contributed by atoms with van der Waals surface area (Å²) in [5, 5.41) is 6.74. The van der Waals surface area contributed by atoms with Gasteiger partial charge in [-0.15, -0.1) is 0 Å². The monoisotopic (exact) mass is 457 g/mol. The Kier molecular flexibility index (Phi) is 6.08. The number of halogens is 1. The molecule has 0 atom stereocenters. The number of urea groups is 1. The SMILES string of the molecule is Cc1ccc(NC(=O)COc2ccc(C=C3C(=O)NC(=O)NC3=O)cc2Br)cc1. The Hall–Kier alpha value is -3.46. The molecule has 0 radical (unpaired) electrons. The fourth-order valence-corrected chi connectivity index (χ4v) is 2.99. The van der Waals surface area contributed by atoms with Gasteiger partial charge in [-0.3, -0.25) is 25.0 Å². The molecule has 2 aromatic carbocycles. The van der Waals surface area contributed by atoms with Gasteiger partial charge in [0.1, 0.15) is 11.3 Å². The minimum Gasteiger partial charge on any atom is -0.483 e. The molecule has 1 fully saturated rings. The number of aryl methyl sites for hydroxylation is 1. The Balaban J connectivity index is 1.63. The number of imide groups is 2. The molecule has 0 unspecified atom stereocenters. The van der Waals surface area contributed by atoms with Crippen molar-refractivity contribution in [2.75, 3.05) is 11.9 Å². The quantitative estimate of drug-likeness (QED) is 0.471. The van der Waals surface area contributed by atoms with Crippen LogP contribution >= 0.6 is 15.9 Å². The van der Waals surface area contributed by atoms with Crippen LogP contribution in [0.15, 0.2) is 52.5 Å². The number of hydrogen-bond acceptors (Lipinski definition) is 5. The summed E-state index contributed by atoms with van der Waals surface area (Å²) in [7, 11) is 0. The Morgan fingerprint density at radius 1 is 1.07 bits per heavy atom. The number of carbonyl (C=O) groups excluding carboxylic acids is 4. The van der Waals surface area contributed by atoms with E-state index in [2.05, 4.69) is 21.2 Å². The molecule has 1 heterocycles. The van der Waals surface area contributed by atoms with Gasteiger partial charge >= 0.3 is 6.03 Å². The molecule has 0 saturated carbocycles. The highest BCUT2D eigenvalue weighted by Gasteiger charge is 2.27. The third-order valence-corrected chi connectivity index (χ3v) is 4.52. The number of amides is 5. The number of carbonyl (C=O) groups is 4. The number of anilines is 1. The summed E-state index contributed by atoms with van der Waals surface area (Å²) in [6.07, 6.45) is 1.34. The van der Waals surface area contributed by atoms with E-state index in [1.54, 1.807) is 30.3 Å². The van der Waals surface area contributed by atoms with E-state index in [9.17, 15) is 19.2 Å². The van der Waals surface area contributed by atoms with Crippen molar-refractivity contribution in [3.63, 3.8) is 0 Å². The molecule has 5 amide bonds. The second-order valence-corrected chi connectivity index (χ2v) is 7.04. The maximum absolute atomic E-state index is 12.0. The summed E-state index contributed by atoms with van der Waals surface area (Å²) < 4.78 is 6.04. The first-order valence-electron chi connectivity index (χ1n) is 8.49. The van der Waals surface area contributed by atoms with E-state index in [-0.39, 0.29) is 18.1 Å². The predicted molar refractivity (Wildman–Crippen MR) is 109 cm³/mol. The lowest BCUT2D eigenvalue weighted by molar-refractivity contribution is -0.124. The normalized spacial score (nSPS) is 13.4.